The highest BCUT2D eigenvalue weighted by Crippen LogP contribution is 2.64. The molecule has 2 bridgehead atoms. The van der Waals surface area contributed by atoms with Crippen LogP contribution in [0.1, 0.15) is 30.9 Å². The molecule has 8 nitrogen and oxygen atoms in total. The van der Waals surface area contributed by atoms with Crippen LogP contribution in [-0.4, -0.2) is 75.6 Å². The molecule has 51 heavy (non-hydrogen) atoms. The summed E-state index contributed by atoms with van der Waals surface area (Å²) in [7, 11) is 0. The largest absolute Gasteiger partial charge is 0.394 e. The van der Waals surface area contributed by atoms with Crippen molar-refractivity contribution in [1.29, 1.82) is 0 Å². The standard InChI is InChI=1S/C43H45N3O5/c1-4-24-44(28-31-16-10-7-11-17-31)39(48)36-37-40(49)46(35(29-47)26-30-14-8-6-9-15-30)38(43(37)23-22-42(36,3)51-43)41(50)45(25-5-2)34-21-20-32-18-12-13-19-33(32)27-34/h4-21,27,35-38,47H,1-2,22-26,28-29H2,3H3/t35-,36+,37+,38?,42-,43?/m1/s1. The zero-order chi connectivity index (χ0) is 35.8. The second-order valence-corrected chi connectivity index (χ2v) is 14.3. The van der Waals surface area contributed by atoms with Crippen molar-refractivity contribution in [3.63, 3.8) is 0 Å². The Balaban J connectivity index is 1.33. The van der Waals surface area contributed by atoms with Gasteiger partial charge in [0.2, 0.25) is 11.8 Å². The molecule has 0 aromatic heterocycles. The molecule has 3 aliphatic rings. The third-order valence-corrected chi connectivity index (χ3v) is 11.1. The first-order valence-electron chi connectivity index (χ1n) is 17.8. The lowest BCUT2D eigenvalue weighted by atomic mass is 9.66. The van der Waals surface area contributed by atoms with Gasteiger partial charge in [0.1, 0.15) is 11.6 Å². The molecular weight excluding hydrogens is 638 g/mol. The van der Waals surface area contributed by atoms with Gasteiger partial charge >= 0.3 is 0 Å². The Bertz CT molecular complexity index is 1950. The summed E-state index contributed by atoms with van der Waals surface area (Å²) in [5.74, 6) is -2.59. The molecule has 3 aliphatic heterocycles. The summed E-state index contributed by atoms with van der Waals surface area (Å²) >= 11 is 0. The van der Waals surface area contributed by atoms with Gasteiger partial charge in [-0.1, -0.05) is 103 Å². The van der Waals surface area contributed by atoms with Gasteiger partial charge in [0.15, 0.2) is 0 Å². The zero-order valence-electron chi connectivity index (χ0n) is 29.1. The molecule has 1 N–H and O–H groups in total. The minimum Gasteiger partial charge on any atom is -0.394 e. The van der Waals surface area contributed by atoms with Crippen molar-refractivity contribution < 1.29 is 24.2 Å². The fourth-order valence-electron chi connectivity index (χ4n) is 8.88. The van der Waals surface area contributed by atoms with Crippen LogP contribution in [0.3, 0.4) is 0 Å². The topological polar surface area (TPSA) is 90.4 Å². The van der Waals surface area contributed by atoms with Gasteiger partial charge < -0.3 is 24.5 Å². The first kappa shape index (κ1) is 34.4. The maximum absolute atomic E-state index is 15.3. The summed E-state index contributed by atoms with van der Waals surface area (Å²) in [5, 5.41) is 13.0. The Morgan fingerprint density at radius 1 is 0.882 bits per heavy atom. The second-order valence-electron chi connectivity index (χ2n) is 14.3. The smallest absolute Gasteiger partial charge is 0.253 e. The normalized spacial score (nSPS) is 25.4. The van der Waals surface area contributed by atoms with Gasteiger partial charge in [0.25, 0.3) is 5.91 Å². The molecule has 1 spiro atoms. The van der Waals surface area contributed by atoms with Crippen molar-refractivity contribution >= 4 is 34.2 Å². The predicted octanol–water partition coefficient (Wildman–Crippen LogP) is 5.94. The molecule has 262 valence electrons. The van der Waals surface area contributed by atoms with E-state index in [1.165, 1.54) is 0 Å². The summed E-state index contributed by atoms with van der Waals surface area (Å²) in [6.07, 6.45) is 4.64. The number of benzene rings is 4. The fraction of sp³-hybridized carbons (Fsp3) is 0.326. The molecule has 8 heteroatoms. The van der Waals surface area contributed by atoms with Crippen molar-refractivity contribution in [3.05, 3.63) is 140 Å². The van der Waals surface area contributed by atoms with Crippen LogP contribution in [0.15, 0.2) is 128 Å². The van der Waals surface area contributed by atoms with E-state index in [4.69, 9.17) is 4.74 Å². The summed E-state index contributed by atoms with van der Waals surface area (Å²) in [6.45, 7) is 10.3. The van der Waals surface area contributed by atoms with Gasteiger partial charge in [-0.15, -0.1) is 13.2 Å². The van der Waals surface area contributed by atoms with Crippen LogP contribution >= 0.6 is 0 Å². The number of carbonyl (C=O) groups is 3. The van der Waals surface area contributed by atoms with Gasteiger partial charge in [-0.25, -0.2) is 0 Å². The Morgan fingerprint density at radius 3 is 2.20 bits per heavy atom. The molecule has 4 aromatic rings. The van der Waals surface area contributed by atoms with Crippen LogP contribution in [0.4, 0.5) is 5.69 Å². The predicted molar refractivity (Wildman–Crippen MR) is 199 cm³/mol. The van der Waals surface area contributed by atoms with Gasteiger partial charge in [-0.3, -0.25) is 14.4 Å². The second kappa shape index (κ2) is 13.9. The van der Waals surface area contributed by atoms with Gasteiger partial charge in [-0.2, -0.15) is 0 Å². The van der Waals surface area contributed by atoms with E-state index >= 15 is 9.59 Å². The fourth-order valence-corrected chi connectivity index (χ4v) is 8.88. The lowest BCUT2D eigenvalue weighted by Gasteiger charge is -2.39. The van der Waals surface area contributed by atoms with E-state index < -0.39 is 35.1 Å². The van der Waals surface area contributed by atoms with Crippen molar-refractivity contribution in [1.82, 2.24) is 9.80 Å². The van der Waals surface area contributed by atoms with E-state index in [-0.39, 0.29) is 30.9 Å². The molecule has 4 aromatic carbocycles. The maximum atomic E-state index is 15.3. The molecule has 7 rings (SSSR count). The SMILES string of the molecule is C=CCN(Cc1ccccc1)C(=O)[C@@H]1[C@H]2C(=O)N([C@@H](CO)Cc3ccccc3)C(C(=O)N(CC=C)c3ccc4ccccc4c3)C23CC[C@@]1(C)O3. The van der Waals surface area contributed by atoms with E-state index in [2.05, 4.69) is 13.2 Å². The number of ether oxygens (including phenoxy) is 1. The molecule has 0 saturated carbocycles. The van der Waals surface area contributed by atoms with Crippen LogP contribution in [-0.2, 0) is 32.1 Å². The van der Waals surface area contributed by atoms with Gasteiger partial charge in [0, 0.05) is 25.3 Å². The summed E-state index contributed by atoms with van der Waals surface area (Å²) in [5.41, 5.74) is 0.324. The van der Waals surface area contributed by atoms with Crippen molar-refractivity contribution in [2.45, 2.75) is 56.0 Å². The van der Waals surface area contributed by atoms with E-state index in [1.54, 1.807) is 26.9 Å². The van der Waals surface area contributed by atoms with E-state index in [9.17, 15) is 9.90 Å². The van der Waals surface area contributed by atoms with E-state index in [0.717, 1.165) is 21.9 Å². The molecule has 3 amide bonds. The molecule has 0 aliphatic carbocycles. The first-order valence-corrected chi connectivity index (χ1v) is 17.8. The summed E-state index contributed by atoms with van der Waals surface area (Å²) < 4.78 is 7.01. The number of aliphatic hydroxyl groups excluding tert-OH is 1. The van der Waals surface area contributed by atoms with E-state index in [1.807, 2.05) is 110 Å². The minimum absolute atomic E-state index is 0.197. The molecule has 6 atom stereocenters. The average molecular weight is 684 g/mol. The third kappa shape index (κ3) is 5.96. The Hall–Kier alpha value is -5.05. The van der Waals surface area contributed by atoms with Crippen LogP contribution in [0.2, 0.25) is 0 Å². The molecule has 3 heterocycles. The minimum atomic E-state index is -1.27. The Kier molecular flexibility index (Phi) is 9.40. The zero-order valence-corrected chi connectivity index (χ0v) is 29.1. The van der Waals surface area contributed by atoms with Crippen molar-refractivity contribution in [2.75, 3.05) is 24.6 Å². The number of aliphatic hydroxyl groups is 1. The van der Waals surface area contributed by atoms with Crippen molar-refractivity contribution in [2.24, 2.45) is 11.8 Å². The number of nitrogens with zero attached hydrogens (tertiary/aromatic N) is 3. The molecule has 3 saturated heterocycles. The van der Waals surface area contributed by atoms with Crippen LogP contribution in [0.25, 0.3) is 10.8 Å². The Morgan fingerprint density at radius 2 is 1.53 bits per heavy atom. The first-order chi connectivity index (χ1) is 24.7. The number of anilines is 1. The molecule has 0 radical (unpaired) electrons. The quantitative estimate of drug-likeness (QED) is 0.176. The van der Waals surface area contributed by atoms with Crippen LogP contribution < -0.4 is 4.90 Å². The highest BCUT2D eigenvalue weighted by molar-refractivity contribution is 6.06. The Labute approximate surface area is 299 Å². The van der Waals surface area contributed by atoms with Crippen molar-refractivity contribution in [3.8, 4) is 0 Å². The van der Waals surface area contributed by atoms with Gasteiger partial charge in [-0.05, 0) is 60.2 Å². The number of carbonyl (C=O) groups excluding carboxylic acids is 3. The van der Waals surface area contributed by atoms with Gasteiger partial charge in [0.05, 0.1) is 30.1 Å². The maximum Gasteiger partial charge on any atom is 0.253 e. The molecule has 2 unspecified atom stereocenters. The lowest BCUT2D eigenvalue weighted by Crippen LogP contribution is -2.59. The summed E-state index contributed by atoms with van der Waals surface area (Å²) in [6, 6.07) is 31.4. The van der Waals surface area contributed by atoms with E-state index in [0.29, 0.717) is 38.0 Å². The summed E-state index contributed by atoms with van der Waals surface area (Å²) in [4.78, 5) is 50.2. The number of rotatable bonds is 13. The number of hydrogen-bond acceptors (Lipinski definition) is 5. The highest BCUT2D eigenvalue weighted by atomic mass is 16.5. The number of amides is 3. The molecule has 3 fully saturated rings. The van der Waals surface area contributed by atoms with Crippen LogP contribution in [0, 0.1) is 11.8 Å². The molecular formula is C43H45N3O5. The third-order valence-electron chi connectivity index (χ3n) is 11.1. The number of hydrogen-bond donors (Lipinski definition) is 1. The van der Waals surface area contributed by atoms with Crippen LogP contribution in [0.5, 0.6) is 0 Å². The average Bonchev–Trinajstić information content (AvgIpc) is 3.73. The monoisotopic (exact) mass is 683 g/mol. The highest BCUT2D eigenvalue weighted by Gasteiger charge is 2.79. The number of likely N-dealkylation sites (tertiary alicyclic amines) is 1. The number of fused-ring (bicyclic) bond motifs is 2. The lowest BCUT2D eigenvalue weighted by molar-refractivity contribution is -0.152.